The van der Waals surface area contributed by atoms with Crippen LogP contribution in [0.5, 0.6) is 0 Å². The Morgan fingerprint density at radius 1 is 1.23 bits per heavy atom. The maximum atomic E-state index is 13.7. The molecule has 7 nitrogen and oxygen atoms in total. The first-order valence-electron chi connectivity index (χ1n) is 11.7. The van der Waals surface area contributed by atoms with Crippen molar-refractivity contribution in [2.24, 2.45) is 5.41 Å². The van der Waals surface area contributed by atoms with Gasteiger partial charge in [-0.3, -0.25) is 9.59 Å². The van der Waals surface area contributed by atoms with E-state index in [1.54, 1.807) is 24.3 Å². The molecule has 2 fully saturated rings. The van der Waals surface area contributed by atoms with Gasteiger partial charge in [-0.05, 0) is 37.7 Å². The number of halogens is 3. The summed E-state index contributed by atoms with van der Waals surface area (Å²) in [6, 6.07) is 7.01. The highest BCUT2D eigenvalue weighted by molar-refractivity contribution is 5.85. The van der Waals surface area contributed by atoms with E-state index in [2.05, 4.69) is 0 Å². The smallest absolute Gasteiger partial charge is 0.460 e. The van der Waals surface area contributed by atoms with Crippen molar-refractivity contribution >= 4 is 11.9 Å². The largest absolute Gasteiger partial charge is 0.471 e. The summed E-state index contributed by atoms with van der Waals surface area (Å²) in [4.78, 5) is 26.8. The van der Waals surface area contributed by atoms with Gasteiger partial charge in [0.15, 0.2) is 0 Å². The second-order valence-electron chi connectivity index (χ2n) is 9.46. The van der Waals surface area contributed by atoms with Gasteiger partial charge >= 0.3 is 18.1 Å². The number of ether oxygens (including phenoxy) is 3. The molecule has 0 bridgehead atoms. The summed E-state index contributed by atoms with van der Waals surface area (Å²) in [5.74, 6) is -2.72. The number of carbonyl (C=O) groups is 2. The normalized spacial score (nSPS) is 29.9. The Bertz CT molecular complexity index is 948. The van der Waals surface area contributed by atoms with E-state index in [0.29, 0.717) is 19.3 Å². The van der Waals surface area contributed by atoms with Gasteiger partial charge in [-0.25, -0.2) is 0 Å². The number of alkyl halides is 3. The molecule has 0 spiro atoms. The summed E-state index contributed by atoms with van der Waals surface area (Å²) in [6.45, 7) is 0.192. The quantitative estimate of drug-likeness (QED) is 0.460. The first kappa shape index (κ1) is 25.7. The van der Waals surface area contributed by atoms with Crippen molar-refractivity contribution in [2.75, 3.05) is 20.3 Å². The molecular weight excluding hydrogens is 467 g/mol. The minimum absolute atomic E-state index is 0.0348. The van der Waals surface area contributed by atoms with Crippen molar-refractivity contribution in [3.63, 3.8) is 0 Å². The van der Waals surface area contributed by atoms with Gasteiger partial charge in [-0.1, -0.05) is 42.5 Å². The number of rotatable bonds is 7. The van der Waals surface area contributed by atoms with Crippen LogP contribution in [0.3, 0.4) is 0 Å². The fourth-order valence-electron chi connectivity index (χ4n) is 5.37. The second-order valence-corrected chi connectivity index (χ2v) is 9.46. The number of hydrogen-bond acceptors (Lipinski definition) is 6. The Morgan fingerprint density at radius 2 is 1.94 bits per heavy atom. The summed E-state index contributed by atoms with van der Waals surface area (Å²) < 4.78 is 57.3. The zero-order valence-electron chi connectivity index (χ0n) is 19.5. The van der Waals surface area contributed by atoms with E-state index in [1.165, 1.54) is 19.3 Å². The van der Waals surface area contributed by atoms with Crippen molar-refractivity contribution < 1.29 is 42.1 Å². The number of amides is 1. The molecule has 1 N–H and O–H groups in total. The average Bonchev–Trinajstić information content (AvgIpc) is 3.28. The van der Waals surface area contributed by atoms with Crippen LogP contribution in [-0.4, -0.2) is 72.2 Å². The number of nitrogens with zero attached hydrogens (tertiary/aromatic N) is 1. The third-order valence-corrected chi connectivity index (χ3v) is 7.49. The van der Waals surface area contributed by atoms with Gasteiger partial charge in [0.1, 0.15) is 18.1 Å². The van der Waals surface area contributed by atoms with E-state index in [9.17, 15) is 27.9 Å². The fraction of sp³-hybridized carbons (Fsp3) is 0.600. The Morgan fingerprint density at radius 3 is 2.54 bits per heavy atom. The molecule has 4 rings (SSSR count). The van der Waals surface area contributed by atoms with E-state index in [4.69, 9.17) is 14.2 Å². The predicted octanol–water partition coefficient (Wildman–Crippen LogP) is 3.15. The summed E-state index contributed by atoms with van der Waals surface area (Å²) in [5.41, 5.74) is -2.26. The van der Waals surface area contributed by atoms with Crippen molar-refractivity contribution in [3.8, 4) is 0 Å². The van der Waals surface area contributed by atoms with Crippen LogP contribution >= 0.6 is 0 Å². The topological polar surface area (TPSA) is 85.3 Å². The average molecular weight is 498 g/mol. The van der Waals surface area contributed by atoms with E-state index in [-0.39, 0.29) is 32.7 Å². The van der Waals surface area contributed by atoms with Gasteiger partial charge in [-0.2, -0.15) is 13.2 Å². The van der Waals surface area contributed by atoms with Crippen LogP contribution in [0.2, 0.25) is 0 Å². The first-order valence-corrected chi connectivity index (χ1v) is 11.7. The third kappa shape index (κ3) is 4.83. The molecule has 2 aliphatic carbocycles. The van der Waals surface area contributed by atoms with Gasteiger partial charge < -0.3 is 24.2 Å². The SMILES string of the molecule is CO[C@@H]1COCC[C@@H]1N(C(=O)C(F)(F)F)[C@@H]1C=C[C@@](C(=O)OCc2ccccc2)(C2(O)CCC2)C1. The van der Waals surface area contributed by atoms with Crippen LogP contribution in [0.1, 0.15) is 37.7 Å². The van der Waals surface area contributed by atoms with Crippen LogP contribution in [0, 0.1) is 5.41 Å². The third-order valence-electron chi connectivity index (χ3n) is 7.49. The van der Waals surface area contributed by atoms with Crippen LogP contribution < -0.4 is 0 Å². The van der Waals surface area contributed by atoms with Crippen molar-refractivity contribution in [2.45, 2.75) is 68.7 Å². The lowest BCUT2D eigenvalue weighted by atomic mass is 9.60. The van der Waals surface area contributed by atoms with Gasteiger partial charge in [-0.15, -0.1) is 0 Å². The lowest BCUT2D eigenvalue weighted by molar-refractivity contribution is -0.199. The van der Waals surface area contributed by atoms with E-state index in [1.807, 2.05) is 6.07 Å². The summed E-state index contributed by atoms with van der Waals surface area (Å²) in [5, 5.41) is 11.3. The second kappa shape index (κ2) is 9.91. The van der Waals surface area contributed by atoms with Crippen molar-refractivity contribution in [3.05, 3.63) is 48.0 Å². The van der Waals surface area contributed by atoms with E-state index >= 15 is 0 Å². The predicted molar refractivity (Wildman–Crippen MR) is 118 cm³/mol. The van der Waals surface area contributed by atoms with Crippen molar-refractivity contribution in [1.82, 2.24) is 4.90 Å². The monoisotopic (exact) mass is 497 g/mol. The molecule has 1 aromatic carbocycles. The lowest BCUT2D eigenvalue weighted by Gasteiger charge is -2.49. The molecule has 3 aliphatic rings. The molecule has 1 saturated carbocycles. The van der Waals surface area contributed by atoms with E-state index in [0.717, 1.165) is 10.5 Å². The highest BCUT2D eigenvalue weighted by atomic mass is 19.4. The number of esters is 1. The van der Waals surface area contributed by atoms with Gasteiger partial charge in [0.2, 0.25) is 0 Å². The van der Waals surface area contributed by atoms with Crippen LogP contribution in [0.15, 0.2) is 42.5 Å². The summed E-state index contributed by atoms with van der Waals surface area (Å²) >= 11 is 0. The summed E-state index contributed by atoms with van der Waals surface area (Å²) in [6.07, 6.45) is -1.74. The molecule has 0 unspecified atom stereocenters. The molecule has 1 amide bonds. The molecule has 0 aromatic heterocycles. The molecule has 1 aromatic rings. The number of aliphatic hydroxyl groups is 1. The van der Waals surface area contributed by atoms with Gasteiger partial charge in [0.25, 0.3) is 0 Å². The molecule has 192 valence electrons. The molecule has 10 heteroatoms. The van der Waals surface area contributed by atoms with E-state index < -0.39 is 47.3 Å². The Kier molecular flexibility index (Phi) is 7.26. The fourth-order valence-corrected chi connectivity index (χ4v) is 5.37. The molecule has 1 aliphatic heterocycles. The molecule has 35 heavy (non-hydrogen) atoms. The molecule has 1 heterocycles. The standard InChI is InChI=1S/C25H30F3NO6/c1-33-20-16-34-13-9-19(20)29(21(30)25(26,27)28)18-8-12-23(14-18,24(32)10-5-11-24)22(31)35-15-17-6-3-2-4-7-17/h2-4,6-8,12,18-20,32H,5,9-11,13-16H2,1H3/t18-,19+,20-,23-/m1/s1. The van der Waals surface area contributed by atoms with Gasteiger partial charge in [0, 0.05) is 13.7 Å². The van der Waals surface area contributed by atoms with Gasteiger partial charge in [0.05, 0.1) is 24.3 Å². The minimum atomic E-state index is -5.11. The maximum Gasteiger partial charge on any atom is 0.471 e. The maximum absolute atomic E-state index is 13.7. The number of carbonyl (C=O) groups excluding carboxylic acids is 2. The highest BCUT2D eigenvalue weighted by Crippen LogP contribution is 2.54. The van der Waals surface area contributed by atoms with Crippen molar-refractivity contribution in [1.29, 1.82) is 0 Å². The molecule has 4 atom stereocenters. The zero-order valence-corrected chi connectivity index (χ0v) is 19.5. The Hall–Kier alpha value is -2.43. The lowest BCUT2D eigenvalue weighted by Crippen LogP contribution is -2.61. The Balaban J connectivity index is 1.62. The molecule has 1 saturated heterocycles. The molecular formula is C25H30F3NO6. The number of methoxy groups -OCH3 is 1. The number of hydrogen-bond donors (Lipinski definition) is 1. The molecule has 0 radical (unpaired) electrons. The minimum Gasteiger partial charge on any atom is -0.460 e. The van der Waals surface area contributed by atoms with Crippen LogP contribution in [-0.2, 0) is 30.4 Å². The van der Waals surface area contributed by atoms with Crippen LogP contribution in [0.4, 0.5) is 13.2 Å². The van der Waals surface area contributed by atoms with Crippen LogP contribution in [0.25, 0.3) is 0 Å². The summed E-state index contributed by atoms with van der Waals surface area (Å²) in [7, 11) is 1.36. The zero-order chi connectivity index (χ0) is 25.3. The Labute approximate surface area is 201 Å². The highest BCUT2D eigenvalue weighted by Gasteiger charge is 2.62. The first-order chi connectivity index (χ1) is 16.6. The number of benzene rings is 1.